The number of benzene rings is 1. The largest absolute Gasteiger partial charge is 0.368 e. The Labute approximate surface area is 206 Å². The minimum absolute atomic E-state index is 0.0749. The molecular weight excluding hydrogens is 477 g/mol. The fourth-order valence-electron chi connectivity index (χ4n) is 4.59. The third-order valence-electron chi connectivity index (χ3n) is 6.56. The summed E-state index contributed by atoms with van der Waals surface area (Å²) in [5.41, 5.74) is 5.76. The van der Waals surface area contributed by atoms with Crippen LogP contribution in [0.3, 0.4) is 0 Å². The summed E-state index contributed by atoms with van der Waals surface area (Å²) in [5, 5.41) is 8.61. The molecule has 2 aromatic rings. The molecule has 1 aliphatic carbocycles. The first-order valence-electron chi connectivity index (χ1n) is 11.6. The Morgan fingerprint density at radius 1 is 1.17 bits per heavy atom. The number of carbonyl (C=O) groups excluding carboxylic acids is 4. The molecule has 11 heteroatoms. The minimum Gasteiger partial charge on any atom is -0.368 e. The van der Waals surface area contributed by atoms with Gasteiger partial charge in [-0.05, 0) is 57.2 Å². The number of hydrogen-bond donors (Lipinski definition) is 5. The standard InChI is InChI=1S/C24H29ClFN5O4/c1-24(2)10-13(21(33)31-24)8-17(20(27)32)29-22(34)18(5-11-3-4-11)30-23(35)19-7-12-6-15(26)14(25)9-16(12)28-19/h6-7,9,11,13,17-18,28H,3-5,8,10H2,1-2H3,(H2,27,32)(H,29,34)(H,30,35)(H,31,33)/t13-,17?,18?/m1/s1. The number of amides is 4. The van der Waals surface area contributed by atoms with Crippen molar-refractivity contribution in [1.29, 1.82) is 0 Å². The van der Waals surface area contributed by atoms with E-state index in [9.17, 15) is 23.6 Å². The van der Waals surface area contributed by atoms with Gasteiger partial charge in [-0.3, -0.25) is 19.2 Å². The van der Waals surface area contributed by atoms with Gasteiger partial charge in [0.1, 0.15) is 23.6 Å². The van der Waals surface area contributed by atoms with Gasteiger partial charge in [0.15, 0.2) is 0 Å². The van der Waals surface area contributed by atoms with Crippen molar-refractivity contribution in [2.45, 2.75) is 63.6 Å². The summed E-state index contributed by atoms with van der Waals surface area (Å²) in [6, 6.07) is 2.12. The summed E-state index contributed by atoms with van der Waals surface area (Å²) in [4.78, 5) is 53.3. The zero-order chi connectivity index (χ0) is 25.5. The highest BCUT2D eigenvalue weighted by Gasteiger charge is 2.40. The molecule has 3 atom stereocenters. The van der Waals surface area contributed by atoms with Gasteiger partial charge in [0.2, 0.25) is 17.7 Å². The average molecular weight is 506 g/mol. The molecule has 4 amide bonds. The molecule has 35 heavy (non-hydrogen) atoms. The van der Waals surface area contributed by atoms with E-state index in [0.29, 0.717) is 23.7 Å². The number of nitrogens with two attached hydrogens (primary N) is 1. The van der Waals surface area contributed by atoms with E-state index in [-0.39, 0.29) is 29.0 Å². The maximum Gasteiger partial charge on any atom is 0.268 e. The lowest BCUT2D eigenvalue weighted by atomic mass is 9.91. The van der Waals surface area contributed by atoms with Crippen LogP contribution < -0.4 is 21.7 Å². The van der Waals surface area contributed by atoms with Crippen LogP contribution in [-0.2, 0) is 14.4 Å². The Morgan fingerprint density at radius 3 is 2.49 bits per heavy atom. The monoisotopic (exact) mass is 505 g/mol. The molecule has 0 radical (unpaired) electrons. The molecule has 6 N–H and O–H groups in total. The Bertz CT molecular complexity index is 1150. The Morgan fingerprint density at radius 2 is 1.89 bits per heavy atom. The molecule has 2 unspecified atom stereocenters. The number of hydrogen-bond acceptors (Lipinski definition) is 4. The van der Waals surface area contributed by atoms with Crippen molar-refractivity contribution < 1.29 is 23.6 Å². The molecule has 1 saturated carbocycles. The predicted molar refractivity (Wildman–Crippen MR) is 128 cm³/mol. The van der Waals surface area contributed by atoms with Gasteiger partial charge in [0, 0.05) is 22.4 Å². The number of fused-ring (bicyclic) bond motifs is 1. The smallest absolute Gasteiger partial charge is 0.268 e. The Balaban J connectivity index is 1.46. The van der Waals surface area contributed by atoms with Crippen LogP contribution in [0.1, 0.15) is 56.4 Å². The van der Waals surface area contributed by atoms with Crippen LogP contribution in [0.4, 0.5) is 4.39 Å². The summed E-state index contributed by atoms with van der Waals surface area (Å²) >= 11 is 5.81. The van der Waals surface area contributed by atoms with Crippen LogP contribution in [0.25, 0.3) is 10.9 Å². The van der Waals surface area contributed by atoms with E-state index in [2.05, 4.69) is 20.9 Å². The molecule has 1 aliphatic heterocycles. The predicted octanol–water partition coefficient (Wildman–Crippen LogP) is 2.13. The number of aromatic nitrogens is 1. The molecule has 1 aromatic carbocycles. The van der Waals surface area contributed by atoms with Gasteiger partial charge in [-0.1, -0.05) is 24.4 Å². The summed E-state index contributed by atoms with van der Waals surface area (Å²) in [6.07, 6.45) is 2.88. The van der Waals surface area contributed by atoms with Crippen LogP contribution in [0, 0.1) is 17.7 Å². The highest BCUT2D eigenvalue weighted by atomic mass is 35.5. The third-order valence-corrected chi connectivity index (χ3v) is 6.85. The highest BCUT2D eigenvalue weighted by molar-refractivity contribution is 6.31. The number of rotatable bonds is 9. The second kappa shape index (κ2) is 9.49. The molecule has 4 rings (SSSR count). The van der Waals surface area contributed by atoms with E-state index in [1.54, 1.807) is 0 Å². The lowest BCUT2D eigenvalue weighted by molar-refractivity contribution is -0.130. The summed E-state index contributed by atoms with van der Waals surface area (Å²) in [5.74, 6) is -2.81. The van der Waals surface area contributed by atoms with Crippen LogP contribution in [0.15, 0.2) is 18.2 Å². The fraction of sp³-hybridized carbons (Fsp3) is 0.500. The van der Waals surface area contributed by atoms with Crippen LogP contribution in [0.2, 0.25) is 5.02 Å². The lowest BCUT2D eigenvalue weighted by Crippen LogP contribution is -2.53. The van der Waals surface area contributed by atoms with Crippen molar-refractivity contribution in [3.05, 3.63) is 34.7 Å². The quantitative estimate of drug-likeness (QED) is 0.355. The maximum absolute atomic E-state index is 13.8. The van der Waals surface area contributed by atoms with Crippen molar-refractivity contribution in [3.63, 3.8) is 0 Å². The van der Waals surface area contributed by atoms with E-state index in [4.69, 9.17) is 17.3 Å². The minimum atomic E-state index is -1.05. The number of carbonyl (C=O) groups is 4. The van der Waals surface area contributed by atoms with Gasteiger partial charge in [-0.2, -0.15) is 0 Å². The topological polar surface area (TPSA) is 146 Å². The summed E-state index contributed by atoms with van der Waals surface area (Å²) < 4.78 is 13.8. The van der Waals surface area contributed by atoms with Crippen molar-refractivity contribution in [2.75, 3.05) is 0 Å². The molecular formula is C24H29ClFN5O4. The van der Waals surface area contributed by atoms with Crippen LogP contribution >= 0.6 is 11.6 Å². The molecule has 2 fully saturated rings. The SMILES string of the molecule is CC1(C)C[C@@H](CC(NC(=O)C(CC2CC2)NC(=O)c2cc3cc(F)c(Cl)cc3[nH]2)C(N)=O)C(=O)N1. The zero-order valence-electron chi connectivity index (χ0n) is 19.5. The molecule has 188 valence electrons. The normalized spacial score (nSPS) is 20.8. The first-order valence-corrected chi connectivity index (χ1v) is 12.0. The van der Waals surface area contributed by atoms with E-state index in [1.807, 2.05) is 13.8 Å². The fourth-order valence-corrected chi connectivity index (χ4v) is 4.76. The highest BCUT2D eigenvalue weighted by Crippen LogP contribution is 2.34. The molecule has 2 heterocycles. The lowest BCUT2D eigenvalue weighted by Gasteiger charge is -2.23. The molecule has 0 bridgehead atoms. The Hall–Kier alpha value is -3.14. The molecule has 2 aliphatic rings. The van der Waals surface area contributed by atoms with Crippen LogP contribution in [0.5, 0.6) is 0 Å². The van der Waals surface area contributed by atoms with Crippen molar-refractivity contribution in [1.82, 2.24) is 20.9 Å². The van der Waals surface area contributed by atoms with Gasteiger partial charge in [-0.25, -0.2) is 4.39 Å². The van der Waals surface area contributed by atoms with Gasteiger partial charge >= 0.3 is 0 Å². The van der Waals surface area contributed by atoms with Gasteiger partial charge in [0.05, 0.1) is 5.02 Å². The zero-order valence-corrected chi connectivity index (χ0v) is 20.3. The molecule has 0 spiro atoms. The number of halogens is 2. The molecule has 9 nitrogen and oxygen atoms in total. The number of nitrogens with one attached hydrogen (secondary N) is 4. The third kappa shape index (κ3) is 5.93. The van der Waals surface area contributed by atoms with E-state index < -0.39 is 47.1 Å². The van der Waals surface area contributed by atoms with Crippen LogP contribution in [-0.4, -0.2) is 46.2 Å². The maximum atomic E-state index is 13.8. The number of H-pyrrole nitrogens is 1. The van der Waals surface area contributed by atoms with Crippen molar-refractivity contribution in [2.24, 2.45) is 17.6 Å². The molecule has 1 saturated heterocycles. The number of aromatic amines is 1. The average Bonchev–Trinajstić information content (AvgIpc) is 3.42. The van der Waals surface area contributed by atoms with Crippen molar-refractivity contribution in [3.8, 4) is 0 Å². The summed E-state index contributed by atoms with van der Waals surface area (Å²) in [7, 11) is 0. The van der Waals surface area contributed by atoms with E-state index >= 15 is 0 Å². The second-order valence-electron chi connectivity index (χ2n) is 10.2. The van der Waals surface area contributed by atoms with E-state index in [0.717, 1.165) is 12.8 Å². The van der Waals surface area contributed by atoms with Gasteiger partial charge < -0.3 is 26.7 Å². The van der Waals surface area contributed by atoms with Gasteiger partial charge in [0.25, 0.3) is 5.91 Å². The first-order chi connectivity index (χ1) is 16.4. The van der Waals surface area contributed by atoms with Crippen molar-refractivity contribution >= 4 is 46.1 Å². The second-order valence-corrected chi connectivity index (χ2v) is 10.6. The Kier molecular flexibility index (Phi) is 6.77. The summed E-state index contributed by atoms with van der Waals surface area (Å²) in [6.45, 7) is 3.77. The van der Waals surface area contributed by atoms with E-state index in [1.165, 1.54) is 18.2 Å². The van der Waals surface area contributed by atoms with Gasteiger partial charge in [-0.15, -0.1) is 0 Å². The first kappa shape index (κ1) is 25.0. The number of primary amides is 1. The molecule has 1 aromatic heterocycles.